The van der Waals surface area contributed by atoms with Gasteiger partial charge in [0.2, 0.25) is 0 Å². The largest absolute Gasteiger partial charge is 0.464 e. The summed E-state index contributed by atoms with van der Waals surface area (Å²) in [6.45, 7) is 0. The highest BCUT2D eigenvalue weighted by Crippen LogP contribution is 2.24. The summed E-state index contributed by atoms with van der Waals surface area (Å²) in [4.78, 5) is 14.9. The van der Waals surface area contributed by atoms with E-state index in [2.05, 4.69) is 25.7 Å². The van der Waals surface area contributed by atoms with Crippen LogP contribution in [0.25, 0.3) is 0 Å². The number of nitrogens with zero attached hydrogens (tertiary/aromatic N) is 1. The first-order chi connectivity index (χ1) is 6.06. The highest BCUT2D eigenvalue weighted by molar-refractivity contribution is 9.10. The molecule has 0 spiro atoms. The number of aromatic nitrogens is 1. The molecular weight excluding hydrogens is 259 g/mol. The monoisotopic (exact) mass is 264 g/mol. The number of ether oxygens (including phenoxy) is 1. The van der Waals surface area contributed by atoms with Crippen LogP contribution in [0.4, 0.5) is 5.69 Å². The van der Waals surface area contributed by atoms with Crippen molar-refractivity contribution in [1.29, 1.82) is 0 Å². The minimum absolute atomic E-state index is 0.0544. The lowest BCUT2D eigenvalue weighted by molar-refractivity contribution is 0.0595. The maximum atomic E-state index is 11.1. The van der Waals surface area contributed by atoms with Gasteiger partial charge in [0.1, 0.15) is 4.60 Å². The van der Waals surface area contributed by atoms with Gasteiger partial charge in [0.05, 0.1) is 17.8 Å². The minimum Gasteiger partial charge on any atom is -0.464 e. The van der Waals surface area contributed by atoms with E-state index in [4.69, 9.17) is 17.3 Å². The zero-order valence-electron chi connectivity index (χ0n) is 6.67. The van der Waals surface area contributed by atoms with Crippen molar-refractivity contribution in [3.8, 4) is 0 Å². The summed E-state index contributed by atoms with van der Waals surface area (Å²) in [5.41, 5.74) is 5.75. The molecule has 0 saturated heterocycles. The number of methoxy groups -OCH3 is 1. The lowest BCUT2D eigenvalue weighted by atomic mass is 10.3. The Labute approximate surface area is 88.2 Å². The van der Waals surface area contributed by atoms with Gasteiger partial charge in [0.25, 0.3) is 0 Å². The van der Waals surface area contributed by atoms with E-state index in [0.717, 1.165) is 0 Å². The number of esters is 1. The molecule has 1 aromatic heterocycles. The SMILES string of the molecule is COC(=O)c1nc(Br)c(Cl)cc1N. The summed E-state index contributed by atoms with van der Waals surface area (Å²) in [6.07, 6.45) is 0. The number of halogens is 2. The molecule has 0 atom stereocenters. The molecular formula is C7H6BrClN2O2. The fourth-order valence-corrected chi connectivity index (χ4v) is 1.19. The van der Waals surface area contributed by atoms with Crippen molar-refractivity contribution in [3.05, 3.63) is 21.4 Å². The number of carbonyl (C=O) groups excluding carboxylic acids is 1. The van der Waals surface area contributed by atoms with E-state index >= 15 is 0 Å². The van der Waals surface area contributed by atoms with Crippen LogP contribution in [0.2, 0.25) is 5.02 Å². The Morgan fingerprint density at radius 1 is 1.77 bits per heavy atom. The van der Waals surface area contributed by atoms with Gasteiger partial charge in [-0.2, -0.15) is 0 Å². The average Bonchev–Trinajstić information content (AvgIpc) is 2.10. The van der Waals surface area contributed by atoms with Crippen molar-refractivity contribution in [1.82, 2.24) is 4.98 Å². The number of rotatable bonds is 1. The van der Waals surface area contributed by atoms with Crippen LogP contribution in [0.1, 0.15) is 10.5 Å². The van der Waals surface area contributed by atoms with Gasteiger partial charge in [-0.15, -0.1) is 0 Å². The van der Waals surface area contributed by atoms with Gasteiger partial charge in [0, 0.05) is 0 Å². The molecule has 1 rings (SSSR count). The second-order valence-corrected chi connectivity index (χ2v) is 3.35. The van der Waals surface area contributed by atoms with E-state index in [0.29, 0.717) is 9.63 Å². The van der Waals surface area contributed by atoms with Gasteiger partial charge in [-0.25, -0.2) is 9.78 Å². The molecule has 0 unspecified atom stereocenters. The van der Waals surface area contributed by atoms with Gasteiger partial charge in [-0.3, -0.25) is 0 Å². The Kier molecular flexibility index (Phi) is 3.11. The summed E-state index contributed by atoms with van der Waals surface area (Å²) in [6, 6.07) is 1.44. The third kappa shape index (κ3) is 2.10. The fourth-order valence-electron chi connectivity index (χ4n) is 0.741. The molecule has 0 saturated carbocycles. The number of nitrogen functional groups attached to an aromatic ring is 1. The van der Waals surface area contributed by atoms with Gasteiger partial charge in [0.15, 0.2) is 5.69 Å². The molecule has 6 heteroatoms. The van der Waals surface area contributed by atoms with E-state index in [1.165, 1.54) is 13.2 Å². The summed E-state index contributed by atoms with van der Waals surface area (Å²) in [7, 11) is 1.26. The van der Waals surface area contributed by atoms with Crippen LogP contribution >= 0.6 is 27.5 Å². The summed E-state index contributed by atoms with van der Waals surface area (Å²) >= 11 is 8.76. The van der Waals surface area contributed by atoms with E-state index in [-0.39, 0.29) is 11.4 Å². The van der Waals surface area contributed by atoms with Crippen LogP contribution in [0.5, 0.6) is 0 Å². The smallest absolute Gasteiger partial charge is 0.358 e. The lowest BCUT2D eigenvalue weighted by Gasteiger charge is -2.03. The molecule has 0 radical (unpaired) electrons. The van der Waals surface area contributed by atoms with Crippen LogP contribution in [-0.2, 0) is 4.74 Å². The Morgan fingerprint density at radius 2 is 2.38 bits per heavy atom. The number of nitrogens with two attached hydrogens (primary N) is 1. The van der Waals surface area contributed by atoms with E-state index in [9.17, 15) is 4.79 Å². The Hall–Kier alpha value is -0.810. The van der Waals surface area contributed by atoms with Gasteiger partial charge >= 0.3 is 5.97 Å². The highest BCUT2D eigenvalue weighted by atomic mass is 79.9. The van der Waals surface area contributed by atoms with Crippen LogP contribution in [0.3, 0.4) is 0 Å². The molecule has 0 bridgehead atoms. The Morgan fingerprint density at radius 3 is 2.92 bits per heavy atom. The summed E-state index contributed by atoms with van der Waals surface area (Å²) in [5.74, 6) is -0.588. The number of anilines is 1. The molecule has 0 aliphatic carbocycles. The van der Waals surface area contributed by atoms with Crippen molar-refractivity contribution < 1.29 is 9.53 Å². The zero-order chi connectivity index (χ0) is 10.0. The highest BCUT2D eigenvalue weighted by Gasteiger charge is 2.14. The fraction of sp³-hybridized carbons (Fsp3) is 0.143. The first kappa shape index (κ1) is 10.3. The topological polar surface area (TPSA) is 65.2 Å². The van der Waals surface area contributed by atoms with E-state index in [1.807, 2.05) is 0 Å². The van der Waals surface area contributed by atoms with E-state index in [1.54, 1.807) is 0 Å². The third-order valence-corrected chi connectivity index (χ3v) is 2.46. The van der Waals surface area contributed by atoms with E-state index < -0.39 is 5.97 Å². The van der Waals surface area contributed by atoms with Crippen molar-refractivity contribution in [2.24, 2.45) is 0 Å². The van der Waals surface area contributed by atoms with Crippen molar-refractivity contribution in [3.63, 3.8) is 0 Å². The molecule has 70 valence electrons. The maximum Gasteiger partial charge on any atom is 0.358 e. The quantitative estimate of drug-likeness (QED) is 0.622. The molecule has 1 aromatic rings. The Bertz CT molecular complexity index is 357. The predicted molar refractivity (Wildman–Crippen MR) is 52.7 cm³/mol. The van der Waals surface area contributed by atoms with Gasteiger partial charge < -0.3 is 10.5 Å². The maximum absolute atomic E-state index is 11.1. The molecule has 4 nitrogen and oxygen atoms in total. The molecule has 0 aliphatic rings. The zero-order valence-corrected chi connectivity index (χ0v) is 9.02. The average molecular weight is 265 g/mol. The molecule has 1 heterocycles. The molecule has 0 aromatic carbocycles. The number of carbonyl (C=O) groups is 1. The summed E-state index contributed by atoms with van der Waals surface area (Å²) in [5, 5.41) is 0.352. The number of pyridine rings is 1. The van der Waals surface area contributed by atoms with Gasteiger partial charge in [-0.1, -0.05) is 11.6 Å². The van der Waals surface area contributed by atoms with Crippen LogP contribution in [0.15, 0.2) is 10.7 Å². The third-order valence-electron chi connectivity index (χ3n) is 1.34. The first-order valence-corrected chi connectivity index (χ1v) is 4.43. The summed E-state index contributed by atoms with van der Waals surface area (Å²) < 4.78 is 4.83. The first-order valence-electron chi connectivity index (χ1n) is 3.26. The normalized spacial score (nSPS) is 9.77. The number of hydrogen-bond donors (Lipinski definition) is 1. The standard InChI is InChI=1S/C7H6BrClN2O2/c1-13-7(12)5-4(10)2-3(9)6(8)11-5/h2H,10H2,1H3. The molecule has 0 aliphatic heterocycles. The van der Waals surface area contributed by atoms with Crippen molar-refractivity contribution in [2.75, 3.05) is 12.8 Å². The van der Waals surface area contributed by atoms with Gasteiger partial charge in [-0.05, 0) is 22.0 Å². The predicted octanol–water partition coefficient (Wildman–Crippen LogP) is 1.87. The molecule has 0 fully saturated rings. The second-order valence-electron chi connectivity index (χ2n) is 2.19. The number of hydrogen-bond acceptors (Lipinski definition) is 4. The minimum atomic E-state index is -0.588. The van der Waals surface area contributed by atoms with Crippen molar-refractivity contribution in [2.45, 2.75) is 0 Å². The van der Waals surface area contributed by atoms with Crippen LogP contribution in [0, 0.1) is 0 Å². The van der Waals surface area contributed by atoms with Crippen molar-refractivity contribution >= 4 is 39.2 Å². The second kappa shape index (κ2) is 3.93. The Balaban J connectivity index is 3.23. The van der Waals surface area contributed by atoms with Crippen LogP contribution in [-0.4, -0.2) is 18.1 Å². The van der Waals surface area contributed by atoms with Crippen LogP contribution < -0.4 is 5.73 Å². The molecule has 2 N–H and O–H groups in total. The molecule has 13 heavy (non-hydrogen) atoms. The molecule has 0 amide bonds. The lowest BCUT2D eigenvalue weighted by Crippen LogP contribution is -2.08.